The number of aryl methyl sites for hydroxylation is 2. The van der Waals surface area contributed by atoms with Gasteiger partial charge < -0.3 is 90.0 Å². The lowest BCUT2D eigenvalue weighted by Crippen LogP contribution is -2.61. The Morgan fingerprint density at radius 3 is 2.28 bits per heavy atom. The molecule has 7 heterocycles. The van der Waals surface area contributed by atoms with Crippen molar-refractivity contribution in [1.82, 2.24) is 55.3 Å². The van der Waals surface area contributed by atoms with E-state index in [0.717, 1.165) is 34.6 Å². The first kappa shape index (κ1) is 93.3. The zero-order valence-corrected chi connectivity index (χ0v) is 70.2. The zero-order valence-electron chi connectivity index (χ0n) is 70.2. The molecule has 1 saturated carbocycles. The summed E-state index contributed by atoms with van der Waals surface area (Å²) in [5.41, 5.74) is 24.3. The van der Waals surface area contributed by atoms with E-state index in [4.69, 9.17) is 69.3 Å². The summed E-state index contributed by atoms with van der Waals surface area (Å²) in [6.45, 7) is 15.3. The van der Waals surface area contributed by atoms with Crippen LogP contribution in [-0.2, 0) is 95.7 Å². The van der Waals surface area contributed by atoms with Gasteiger partial charge in [-0.05, 0) is 158 Å². The van der Waals surface area contributed by atoms with Gasteiger partial charge in [-0.15, -0.1) is 5.10 Å². The maximum atomic E-state index is 14.7. The van der Waals surface area contributed by atoms with Crippen molar-refractivity contribution in [2.24, 2.45) is 35.3 Å². The van der Waals surface area contributed by atoms with Gasteiger partial charge in [0.2, 0.25) is 17.6 Å². The number of oxazole rings is 1. The molecule has 2 bridgehead atoms. The summed E-state index contributed by atoms with van der Waals surface area (Å²) in [4.78, 5) is 111. The number of piperidine rings is 1. The van der Waals surface area contributed by atoms with E-state index in [2.05, 4.69) is 35.9 Å². The fourth-order valence-corrected chi connectivity index (χ4v) is 15.9. The molecule has 3 fully saturated rings. The number of nitrogens with one attached hydrogen (secondary N) is 2. The van der Waals surface area contributed by atoms with E-state index in [1.165, 1.54) is 13.4 Å². The molecule has 0 spiro atoms. The molecule has 118 heavy (non-hydrogen) atoms. The monoisotopic (exact) mass is 1650 g/mol. The van der Waals surface area contributed by atoms with Crippen LogP contribution in [-0.4, -0.2) is 244 Å². The van der Waals surface area contributed by atoms with Gasteiger partial charge in [-0.2, -0.15) is 10.1 Å². The summed E-state index contributed by atoms with van der Waals surface area (Å²) >= 11 is 0. The van der Waals surface area contributed by atoms with Crippen LogP contribution in [0.15, 0.2) is 82.7 Å². The van der Waals surface area contributed by atoms with E-state index in [9.17, 15) is 43.8 Å². The van der Waals surface area contributed by atoms with Gasteiger partial charge in [-0.1, -0.05) is 69.4 Å². The standard InChI is InChI=1S/C85H126N14O19/c1-53-20-11-10-12-21-54(2)69(109-7)49-62-29-26-58(6)85(108,118-62)79(105)82(106)98-34-16-13-23-65(98)83(107)116-70(50-66(100)55(3)45-57(5)77(104)78(111-9)76(103)56(4)44-53)63(86)46-59-27-30-68(71(47-59)110-8)115-37-18-14-22-61-51-97(96-94-61)36-39-113-41-43-114-42-40-112-38-33-90-73(102)25-19-24-72(101)89-32-15-17-35-99-81-74(80(87)91-52-92-81)75(95-99)60-28-31-67-64(48-60)93-84(88)117-67/h10-12,20-21,28,31,45,48,51-53,55-56,58-59,62-63,65,68-71,77-78,104,108H,13-19,22-27,29-30,32-44,46-47,49-50,86H2,1-9H3,(H2,88,93)(H,89,101)(H,90,102)(H2,87,91,92)/b12-10+,20-11+,54-21+,57-45+/t53-,55-,56-,58-,59+,62+,63-,65+,68-,69+,70+,71-,77-,78+,85-/m1/s1. The number of ether oxygens (including phenoxy) is 9. The molecule has 3 amide bonds. The summed E-state index contributed by atoms with van der Waals surface area (Å²) in [7, 11) is 4.58. The van der Waals surface area contributed by atoms with E-state index in [1.807, 2.05) is 62.6 Å². The maximum Gasteiger partial charge on any atom is 0.329 e. The first-order valence-corrected chi connectivity index (χ1v) is 41.9. The van der Waals surface area contributed by atoms with Crippen molar-refractivity contribution in [3.05, 3.63) is 84.0 Å². The minimum absolute atomic E-state index is 0.0170. The van der Waals surface area contributed by atoms with E-state index in [1.54, 1.807) is 63.4 Å². The number of ketones is 3. The number of amides is 3. The predicted molar refractivity (Wildman–Crippen MR) is 439 cm³/mol. The summed E-state index contributed by atoms with van der Waals surface area (Å²) in [5.74, 6) is -8.29. The minimum atomic E-state index is -2.48. The number of carbonyl (C=O) groups excluding carboxylic acids is 7. The number of unbranched alkanes of at least 4 members (excludes halogenated alkanes) is 2. The molecule has 33 nitrogen and oxygen atoms in total. The fraction of sp³-hybridized carbons (Fsp3) is 0.659. The number of nitrogens with zero attached hydrogens (tertiary/aromatic N) is 9. The average Bonchev–Trinajstić information content (AvgIpc) is 1.48. The molecule has 15 atom stereocenters. The Balaban J connectivity index is 0.649. The smallest absolute Gasteiger partial charge is 0.329 e. The van der Waals surface area contributed by atoms with Gasteiger partial charge in [0.1, 0.15) is 53.5 Å². The van der Waals surface area contributed by atoms with Crippen molar-refractivity contribution in [2.75, 3.05) is 98.7 Å². The van der Waals surface area contributed by atoms with Crippen LogP contribution >= 0.6 is 0 Å². The first-order valence-electron chi connectivity index (χ1n) is 41.9. The van der Waals surface area contributed by atoms with Gasteiger partial charge in [-0.25, -0.2) is 24.1 Å². The molecule has 9 rings (SSSR count). The van der Waals surface area contributed by atoms with Crippen molar-refractivity contribution < 1.29 is 90.8 Å². The minimum Gasteiger partial charge on any atom is -0.459 e. The fourth-order valence-electron chi connectivity index (χ4n) is 15.9. The van der Waals surface area contributed by atoms with Gasteiger partial charge in [0, 0.05) is 115 Å². The molecule has 0 unspecified atom stereocenters. The molecule has 4 aromatic heterocycles. The molecular formula is C85H126N14O19. The van der Waals surface area contributed by atoms with Crippen molar-refractivity contribution in [1.29, 1.82) is 0 Å². The van der Waals surface area contributed by atoms with E-state index in [-0.39, 0.29) is 92.1 Å². The Labute approximate surface area is 691 Å². The third-order valence-electron chi connectivity index (χ3n) is 22.9. The number of aliphatic hydroxyl groups excluding tert-OH is 1. The molecule has 5 aromatic rings. The van der Waals surface area contributed by atoms with Gasteiger partial charge in [0.25, 0.3) is 17.7 Å². The Morgan fingerprint density at radius 1 is 0.771 bits per heavy atom. The first-order chi connectivity index (χ1) is 56.8. The molecular weight excluding hydrogens is 1520 g/mol. The number of anilines is 2. The predicted octanol–water partition coefficient (Wildman–Crippen LogP) is 7.56. The van der Waals surface area contributed by atoms with Gasteiger partial charge in [0.15, 0.2) is 17.0 Å². The number of fused-ring (bicyclic) bond motifs is 5. The maximum absolute atomic E-state index is 14.7. The van der Waals surface area contributed by atoms with Crippen LogP contribution in [0.4, 0.5) is 11.8 Å². The number of rotatable bonds is 34. The highest BCUT2D eigenvalue weighted by Crippen LogP contribution is 2.39. The van der Waals surface area contributed by atoms with Crippen LogP contribution in [0.1, 0.15) is 169 Å². The molecule has 10 N–H and O–H groups in total. The van der Waals surface area contributed by atoms with Crippen molar-refractivity contribution in [3.8, 4) is 11.3 Å². The van der Waals surface area contributed by atoms with E-state index in [0.29, 0.717) is 195 Å². The van der Waals surface area contributed by atoms with Crippen LogP contribution < -0.4 is 27.8 Å². The van der Waals surface area contributed by atoms with Gasteiger partial charge >= 0.3 is 5.97 Å². The normalized spacial score (nSPS) is 27.6. The molecule has 1 aromatic carbocycles. The highest BCUT2D eigenvalue weighted by Gasteiger charge is 2.53. The van der Waals surface area contributed by atoms with Crippen molar-refractivity contribution in [2.45, 2.75) is 244 Å². The number of aromatic nitrogens is 8. The second-order valence-electron chi connectivity index (χ2n) is 31.9. The lowest BCUT2D eigenvalue weighted by atomic mass is 9.80. The molecule has 650 valence electrons. The Bertz CT molecular complexity index is 4220. The second kappa shape index (κ2) is 46.8. The summed E-state index contributed by atoms with van der Waals surface area (Å²) < 4.78 is 62.5. The molecule has 0 radical (unpaired) electrons. The number of methoxy groups -OCH3 is 3. The number of Topliss-reactive ketones (excluding diaryl/α,β-unsaturated/α-hetero) is 3. The third-order valence-corrected chi connectivity index (χ3v) is 22.9. The topological polar surface area (TPSA) is 449 Å². The lowest BCUT2D eigenvalue weighted by Gasteiger charge is -2.42. The summed E-state index contributed by atoms with van der Waals surface area (Å²) in [5, 5.41) is 43.6. The van der Waals surface area contributed by atoms with E-state index < -0.39 is 83.8 Å². The SMILES string of the molecule is CO[C@H]1C[C@@H]2CC[C@@H](C)[C@@](O)(O2)C(=O)C(=O)N2CCCC[C@H]2C(=O)O[C@H]([C@H](N)C[C@@H]2CC[C@@H](OCCCCc3cn(CCOCCOCCOCCNC(=O)CCCC(=O)NCCCCn4nc(-c5ccc6oc(N)nc6c5)c5c(N)ncnc54)nn3)[C@H](OC)C2)CC(=O)[C@H](C)/C=C(\C)[C@@H](O)[C@@H](OC)C(=O)[C@H](C)C[C@H](C)/C=C/C=C/C=C/1C. The Kier molecular flexibility index (Phi) is 37.0. The number of cyclic esters (lactones) is 1. The number of esters is 1. The van der Waals surface area contributed by atoms with Crippen LogP contribution in [0.3, 0.4) is 0 Å². The number of benzene rings is 1. The number of nitrogen functional groups attached to an aromatic ring is 2. The molecule has 3 aliphatic heterocycles. The number of hydrogen-bond donors (Lipinski definition) is 7. The van der Waals surface area contributed by atoms with Crippen LogP contribution in [0.25, 0.3) is 33.4 Å². The number of nitrogens with two attached hydrogens (primary N) is 3. The molecule has 1 aliphatic carbocycles. The van der Waals surface area contributed by atoms with Crippen LogP contribution in [0, 0.1) is 29.6 Å². The van der Waals surface area contributed by atoms with Crippen molar-refractivity contribution >= 4 is 75.0 Å². The highest BCUT2D eigenvalue weighted by molar-refractivity contribution is 6.39. The largest absolute Gasteiger partial charge is 0.459 e. The second-order valence-corrected chi connectivity index (χ2v) is 31.9. The number of hydrogen-bond acceptors (Lipinski definition) is 28. The highest BCUT2D eigenvalue weighted by atomic mass is 16.6. The van der Waals surface area contributed by atoms with Gasteiger partial charge in [0.05, 0.1) is 81.7 Å². The van der Waals surface area contributed by atoms with Crippen molar-refractivity contribution in [3.63, 3.8) is 0 Å². The quantitative estimate of drug-likeness (QED) is 0.00903. The zero-order chi connectivity index (χ0) is 84.8. The van der Waals surface area contributed by atoms with Crippen LogP contribution in [0.5, 0.6) is 0 Å². The number of aliphatic hydroxyl groups is 2. The Morgan fingerprint density at radius 2 is 1.53 bits per heavy atom. The molecule has 33 heteroatoms. The summed E-state index contributed by atoms with van der Waals surface area (Å²) in [6, 6.07) is 3.43. The molecule has 4 aliphatic rings. The van der Waals surface area contributed by atoms with Gasteiger partial charge in [-0.3, -0.25) is 28.8 Å². The van der Waals surface area contributed by atoms with E-state index >= 15 is 0 Å². The third kappa shape index (κ3) is 26.9. The number of allylic oxidation sites excluding steroid dienone is 6. The molecule has 2 saturated heterocycles. The average molecular weight is 1650 g/mol. The van der Waals surface area contributed by atoms with Crippen LogP contribution in [0.2, 0.25) is 0 Å². The lowest BCUT2D eigenvalue weighted by molar-refractivity contribution is -0.265. The number of carbonyl (C=O) groups is 7. The summed E-state index contributed by atoms with van der Waals surface area (Å²) in [6.07, 6.45) is 18.4. The Hall–Kier alpha value is -8.61.